The van der Waals surface area contributed by atoms with Crippen molar-refractivity contribution in [3.05, 3.63) is 90.0 Å². The van der Waals surface area contributed by atoms with Crippen molar-refractivity contribution in [1.29, 1.82) is 0 Å². The van der Waals surface area contributed by atoms with Gasteiger partial charge in [-0.25, -0.2) is 8.42 Å². The van der Waals surface area contributed by atoms with Crippen LogP contribution in [0.4, 0.5) is 5.69 Å². The number of nitrogens with zero attached hydrogens (tertiary/aromatic N) is 1. The first-order valence-corrected chi connectivity index (χ1v) is 13.7. The van der Waals surface area contributed by atoms with E-state index in [0.29, 0.717) is 17.5 Å². The average molecular weight is 461 g/mol. The number of anilines is 1. The Bertz CT molecular complexity index is 1170. The molecule has 2 aliphatic rings. The number of sulfonamides is 1. The molecule has 0 aromatic heterocycles. The van der Waals surface area contributed by atoms with Gasteiger partial charge in [-0.1, -0.05) is 73.2 Å². The van der Waals surface area contributed by atoms with Crippen molar-refractivity contribution in [3.8, 4) is 11.1 Å². The first kappa shape index (κ1) is 22.2. The Morgan fingerprint density at radius 2 is 1.64 bits per heavy atom. The van der Waals surface area contributed by atoms with Gasteiger partial charge in [-0.05, 0) is 72.0 Å². The van der Waals surface area contributed by atoms with Crippen LogP contribution in [0.2, 0.25) is 0 Å². The van der Waals surface area contributed by atoms with Gasteiger partial charge in [-0.15, -0.1) is 0 Å². The van der Waals surface area contributed by atoms with Gasteiger partial charge < -0.3 is 0 Å². The van der Waals surface area contributed by atoms with Crippen molar-refractivity contribution >= 4 is 15.7 Å². The van der Waals surface area contributed by atoms with E-state index in [0.717, 1.165) is 50.0 Å². The summed E-state index contributed by atoms with van der Waals surface area (Å²) in [6, 6.07) is 27.2. The van der Waals surface area contributed by atoms with Gasteiger partial charge in [0.2, 0.25) is 10.0 Å². The van der Waals surface area contributed by atoms with Crippen molar-refractivity contribution < 1.29 is 8.42 Å². The smallest absolute Gasteiger partial charge is 0.232 e. The zero-order chi connectivity index (χ0) is 22.7. The van der Waals surface area contributed by atoms with Crippen LogP contribution in [0.15, 0.2) is 78.9 Å². The second-order valence-electron chi connectivity index (χ2n) is 9.59. The third kappa shape index (κ3) is 5.66. The van der Waals surface area contributed by atoms with Crippen LogP contribution in [-0.2, 0) is 16.6 Å². The molecule has 0 bridgehead atoms. The molecule has 0 radical (unpaired) electrons. The lowest BCUT2D eigenvalue weighted by Gasteiger charge is -2.25. The number of likely N-dealkylation sites (tertiary alicyclic amines) is 1. The summed E-state index contributed by atoms with van der Waals surface area (Å²) in [4.78, 5) is 2.53. The molecule has 1 aliphatic carbocycles. The molecule has 33 heavy (non-hydrogen) atoms. The third-order valence-corrected chi connectivity index (χ3v) is 8.51. The van der Waals surface area contributed by atoms with Gasteiger partial charge in [-0.3, -0.25) is 9.62 Å². The molecule has 3 aromatic rings. The highest BCUT2D eigenvalue weighted by Gasteiger charge is 2.25. The molecule has 1 N–H and O–H groups in total. The Hall–Kier alpha value is -2.63. The van der Waals surface area contributed by atoms with Crippen LogP contribution in [0, 0.1) is 5.92 Å². The number of nitrogens with one attached hydrogen (secondary N) is 1. The Morgan fingerprint density at radius 1 is 0.848 bits per heavy atom. The summed E-state index contributed by atoms with van der Waals surface area (Å²) in [5.41, 5.74) is 5.53. The fraction of sp³-hybridized carbons (Fsp3) is 0.357. The molecule has 4 nitrogen and oxygen atoms in total. The standard InChI is InChI=1S/C28H32N2O2S/c31-33(32,21-23-8-4-9-23)29-28-11-5-10-26(18-28)24-12-14-25(15-13-24)27-16-17-30(20-27)19-22-6-2-1-3-7-22/h1-3,5-7,10-15,18,23,27,29H,4,8-9,16-17,19-21H2. The molecule has 1 saturated heterocycles. The first-order valence-electron chi connectivity index (χ1n) is 12.0. The summed E-state index contributed by atoms with van der Waals surface area (Å²) < 4.78 is 27.7. The van der Waals surface area contributed by atoms with Gasteiger partial charge in [0.15, 0.2) is 0 Å². The van der Waals surface area contributed by atoms with Crippen molar-refractivity contribution in [3.63, 3.8) is 0 Å². The van der Waals surface area contributed by atoms with Gasteiger partial charge in [0.25, 0.3) is 0 Å². The van der Waals surface area contributed by atoms with Crippen molar-refractivity contribution in [2.24, 2.45) is 5.92 Å². The quantitative estimate of drug-likeness (QED) is 0.456. The van der Waals surface area contributed by atoms with E-state index >= 15 is 0 Å². The minimum absolute atomic E-state index is 0.231. The summed E-state index contributed by atoms with van der Waals surface area (Å²) >= 11 is 0. The lowest BCUT2D eigenvalue weighted by atomic mass is 9.87. The van der Waals surface area contributed by atoms with E-state index in [2.05, 4.69) is 64.2 Å². The Morgan fingerprint density at radius 3 is 2.36 bits per heavy atom. The molecule has 5 heteroatoms. The zero-order valence-corrected chi connectivity index (χ0v) is 19.8. The highest BCUT2D eigenvalue weighted by molar-refractivity contribution is 7.92. The summed E-state index contributed by atoms with van der Waals surface area (Å²) in [6.07, 6.45) is 4.39. The lowest BCUT2D eigenvalue weighted by Crippen LogP contribution is -2.26. The maximum Gasteiger partial charge on any atom is 0.232 e. The summed E-state index contributed by atoms with van der Waals surface area (Å²) in [7, 11) is -3.29. The molecule has 172 valence electrons. The van der Waals surface area contributed by atoms with Crippen LogP contribution in [0.25, 0.3) is 11.1 Å². The van der Waals surface area contributed by atoms with E-state index in [9.17, 15) is 8.42 Å². The molecular formula is C28H32N2O2S. The van der Waals surface area contributed by atoms with Gasteiger partial charge in [0, 0.05) is 18.8 Å². The largest absolute Gasteiger partial charge is 0.298 e. The van der Waals surface area contributed by atoms with Crippen LogP contribution in [0.1, 0.15) is 42.7 Å². The predicted octanol–water partition coefficient (Wildman–Crippen LogP) is 5.88. The van der Waals surface area contributed by atoms with Gasteiger partial charge in [-0.2, -0.15) is 0 Å². The minimum atomic E-state index is -3.29. The van der Waals surface area contributed by atoms with Crippen LogP contribution in [0.5, 0.6) is 0 Å². The van der Waals surface area contributed by atoms with Crippen molar-refractivity contribution in [1.82, 2.24) is 4.90 Å². The molecule has 0 spiro atoms. The fourth-order valence-electron chi connectivity index (χ4n) is 4.99. The summed E-state index contributed by atoms with van der Waals surface area (Å²) in [5.74, 6) is 1.11. The van der Waals surface area contributed by atoms with Gasteiger partial charge in [0.1, 0.15) is 0 Å². The molecule has 1 atom stereocenters. The number of hydrogen-bond donors (Lipinski definition) is 1. The zero-order valence-electron chi connectivity index (χ0n) is 19.0. The average Bonchev–Trinajstić information content (AvgIpc) is 3.26. The molecule has 1 saturated carbocycles. The molecule has 2 fully saturated rings. The molecule has 0 amide bonds. The summed E-state index contributed by atoms with van der Waals surface area (Å²) in [5, 5.41) is 0. The monoisotopic (exact) mass is 460 g/mol. The number of rotatable bonds is 8. The highest BCUT2D eigenvalue weighted by atomic mass is 32.2. The predicted molar refractivity (Wildman–Crippen MR) is 136 cm³/mol. The fourth-order valence-corrected chi connectivity index (χ4v) is 6.51. The minimum Gasteiger partial charge on any atom is -0.298 e. The number of hydrogen-bond acceptors (Lipinski definition) is 3. The van der Waals surface area contributed by atoms with E-state index in [1.54, 1.807) is 0 Å². The Labute approximate surface area is 197 Å². The van der Waals surface area contributed by atoms with E-state index in [1.165, 1.54) is 17.5 Å². The highest BCUT2D eigenvalue weighted by Crippen LogP contribution is 2.31. The van der Waals surface area contributed by atoms with Crippen molar-refractivity contribution in [2.75, 3.05) is 23.6 Å². The normalized spacial score (nSPS) is 19.3. The SMILES string of the molecule is O=S(=O)(CC1CCC1)Nc1cccc(-c2ccc(C3CCN(Cc4ccccc4)C3)cc2)c1. The van der Waals surface area contributed by atoms with Gasteiger partial charge in [0.05, 0.1) is 5.75 Å². The Kier molecular flexibility index (Phi) is 6.52. The third-order valence-electron chi connectivity index (χ3n) is 7.05. The second kappa shape index (κ2) is 9.70. The van der Waals surface area contributed by atoms with Gasteiger partial charge >= 0.3 is 0 Å². The molecular weight excluding hydrogens is 428 g/mol. The van der Waals surface area contributed by atoms with E-state index in [-0.39, 0.29) is 5.75 Å². The van der Waals surface area contributed by atoms with Crippen LogP contribution < -0.4 is 4.72 Å². The van der Waals surface area contributed by atoms with Crippen LogP contribution in [-0.4, -0.2) is 32.2 Å². The molecule has 1 aliphatic heterocycles. The maximum atomic E-state index is 12.5. The lowest BCUT2D eigenvalue weighted by molar-refractivity contribution is 0.327. The Balaban J connectivity index is 1.22. The van der Waals surface area contributed by atoms with Crippen LogP contribution >= 0.6 is 0 Å². The molecule has 5 rings (SSSR count). The van der Waals surface area contributed by atoms with E-state index in [4.69, 9.17) is 0 Å². The number of benzene rings is 3. The topological polar surface area (TPSA) is 49.4 Å². The van der Waals surface area contributed by atoms with E-state index in [1.807, 2.05) is 24.3 Å². The molecule has 3 aromatic carbocycles. The molecule has 1 unspecified atom stereocenters. The van der Waals surface area contributed by atoms with E-state index < -0.39 is 10.0 Å². The van der Waals surface area contributed by atoms with Crippen molar-refractivity contribution in [2.45, 2.75) is 38.1 Å². The van der Waals surface area contributed by atoms with Crippen LogP contribution in [0.3, 0.4) is 0 Å². The maximum absolute atomic E-state index is 12.5. The summed E-state index contributed by atoms with van der Waals surface area (Å²) in [6.45, 7) is 3.23. The molecule has 1 heterocycles. The first-order chi connectivity index (χ1) is 16.0. The second-order valence-corrected chi connectivity index (χ2v) is 11.4.